The molecule has 2 amide bonds. The van der Waals surface area contributed by atoms with Gasteiger partial charge in [-0.1, -0.05) is 11.6 Å². The quantitative estimate of drug-likeness (QED) is 0.365. The Balaban J connectivity index is 1.77. The number of carbonyl (C=O) groups excluding carboxylic acids is 4. The SMILES string of the molecule is COc1cc(O)c([C@H]2C3=CC[C@@H]4C(=O)N(C)C(=O)[C@@H]4[C@@H]3CC3=C2C(=O)C=C(Br)C3=O)c(OC)c1. The van der Waals surface area contributed by atoms with Crippen LogP contribution in [0.25, 0.3) is 0 Å². The second kappa shape index (κ2) is 7.94. The van der Waals surface area contributed by atoms with Gasteiger partial charge >= 0.3 is 0 Å². The number of benzene rings is 1. The molecular weight excluding hydrogens is 506 g/mol. The summed E-state index contributed by atoms with van der Waals surface area (Å²) in [7, 11) is 4.37. The topological polar surface area (TPSA) is 110 Å². The van der Waals surface area contributed by atoms with Gasteiger partial charge in [0.05, 0.1) is 30.5 Å². The third-order valence-electron chi connectivity index (χ3n) is 7.39. The number of nitrogens with zero attached hydrogens (tertiary/aromatic N) is 1. The predicted octanol–water partition coefficient (Wildman–Crippen LogP) is 2.80. The average Bonchev–Trinajstić information content (AvgIpc) is 3.05. The van der Waals surface area contributed by atoms with Crippen LogP contribution in [0.1, 0.15) is 24.3 Å². The molecule has 0 bridgehead atoms. The Labute approximate surface area is 204 Å². The maximum atomic E-state index is 13.3. The summed E-state index contributed by atoms with van der Waals surface area (Å²) in [5, 5.41) is 11.0. The fraction of sp³-hybridized carbons (Fsp3) is 0.360. The van der Waals surface area contributed by atoms with Crippen LogP contribution in [0, 0.1) is 17.8 Å². The molecule has 9 heteroatoms. The summed E-state index contributed by atoms with van der Waals surface area (Å²) in [6.45, 7) is 0. The molecule has 0 aromatic heterocycles. The van der Waals surface area contributed by atoms with Gasteiger partial charge in [-0.3, -0.25) is 24.1 Å². The van der Waals surface area contributed by atoms with Gasteiger partial charge in [0, 0.05) is 47.9 Å². The van der Waals surface area contributed by atoms with E-state index in [2.05, 4.69) is 15.9 Å². The molecule has 0 saturated carbocycles. The van der Waals surface area contributed by atoms with Crippen molar-refractivity contribution in [3.05, 3.63) is 51.0 Å². The minimum absolute atomic E-state index is 0.145. The van der Waals surface area contributed by atoms with Crippen molar-refractivity contribution in [3.63, 3.8) is 0 Å². The summed E-state index contributed by atoms with van der Waals surface area (Å²) in [6.07, 6.45) is 3.63. The van der Waals surface area contributed by atoms with Crippen LogP contribution < -0.4 is 9.47 Å². The highest BCUT2D eigenvalue weighted by Crippen LogP contribution is 2.57. The standard InChI is InChI=1S/C25H22BrNO7/c1-27-24(31)12-5-4-11-13(19(12)25(27)32)8-14-20(17(29)9-15(26)23(14)30)21(11)22-16(28)6-10(33-2)7-18(22)34-3/h4,6-7,9,12-13,19,21,28H,5,8H2,1-3H3/t12-,13+,19-,21-/m0/s1. The number of halogens is 1. The second-order valence-corrected chi connectivity index (χ2v) is 9.75. The van der Waals surface area contributed by atoms with Gasteiger partial charge in [0.2, 0.25) is 11.8 Å². The predicted molar refractivity (Wildman–Crippen MR) is 124 cm³/mol. The van der Waals surface area contributed by atoms with Crippen LogP contribution in [-0.2, 0) is 19.2 Å². The number of allylic oxidation sites excluding steroid dienone is 6. The Morgan fingerprint density at radius 1 is 1.06 bits per heavy atom. The Hall–Kier alpha value is -3.20. The second-order valence-electron chi connectivity index (χ2n) is 8.89. The summed E-state index contributed by atoms with van der Waals surface area (Å²) in [4.78, 5) is 53.4. The van der Waals surface area contributed by atoms with Crippen molar-refractivity contribution < 1.29 is 33.8 Å². The Bertz CT molecular complexity index is 1270. The minimum atomic E-state index is -0.808. The zero-order valence-corrected chi connectivity index (χ0v) is 20.3. The van der Waals surface area contributed by atoms with Crippen LogP contribution in [0.4, 0.5) is 0 Å². The number of Topliss-reactive ketones (excluding diaryl/α,β-unsaturated/α-hetero) is 1. The van der Waals surface area contributed by atoms with E-state index in [1.54, 1.807) is 6.07 Å². The van der Waals surface area contributed by atoms with Crippen molar-refractivity contribution >= 4 is 39.3 Å². The van der Waals surface area contributed by atoms with Gasteiger partial charge in [0.25, 0.3) is 0 Å². The summed E-state index contributed by atoms with van der Waals surface area (Å²) in [5.41, 5.74) is 1.61. The lowest BCUT2D eigenvalue weighted by atomic mass is 9.59. The molecule has 8 nitrogen and oxygen atoms in total. The molecule has 4 aliphatic rings. The highest BCUT2D eigenvalue weighted by Gasteiger charge is 2.56. The van der Waals surface area contributed by atoms with Crippen LogP contribution >= 0.6 is 15.9 Å². The van der Waals surface area contributed by atoms with Crippen molar-refractivity contribution in [2.24, 2.45) is 17.8 Å². The first-order valence-corrected chi connectivity index (χ1v) is 11.6. The molecule has 0 spiro atoms. The number of aromatic hydroxyl groups is 1. The van der Waals surface area contributed by atoms with Gasteiger partial charge in [-0.25, -0.2) is 0 Å². The smallest absolute Gasteiger partial charge is 0.233 e. The van der Waals surface area contributed by atoms with Crippen molar-refractivity contribution in [2.75, 3.05) is 21.3 Å². The largest absolute Gasteiger partial charge is 0.507 e. The van der Waals surface area contributed by atoms with Crippen molar-refractivity contribution in [3.8, 4) is 17.2 Å². The molecule has 1 fully saturated rings. The van der Waals surface area contributed by atoms with E-state index in [0.29, 0.717) is 23.3 Å². The Morgan fingerprint density at radius 3 is 2.47 bits per heavy atom. The van der Waals surface area contributed by atoms with Gasteiger partial charge in [-0.2, -0.15) is 0 Å². The highest BCUT2D eigenvalue weighted by atomic mass is 79.9. The van der Waals surface area contributed by atoms with Crippen LogP contribution in [0.3, 0.4) is 0 Å². The van der Waals surface area contributed by atoms with Gasteiger partial charge in [0.15, 0.2) is 11.6 Å². The Morgan fingerprint density at radius 2 is 1.79 bits per heavy atom. The fourth-order valence-corrected chi connectivity index (χ4v) is 6.31. The van der Waals surface area contributed by atoms with Crippen LogP contribution in [-0.4, -0.2) is 54.7 Å². The number of methoxy groups -OCH3 is 2. The number of imide groups is 1. The first kappa shape index (κ1) is 22.6. The van der Waals surface area contributed by atoms with Crippen LogP contribution in [0.15, 0.2) is 45.5 Å². The number of rotatable bonds is 3. The lowest BCUT2D eigenvalue weighted by Gasteiger charge is -2.42. The molecule has 1 saturated heterocycles. The number of phenols is 1. The van der Waals surface area contributed by atoms with E-state index < -0.39 is 23.7 Å². The molecule has 1 heterocycles. The third kappa shape index (κ3) is 3.02. The molecule has 34 heavy (non-hydrogen) atoms. The van der Waals surface area contributed by atoms with Crippen molar-refractivity contribution in [1.82, 2.24) is 4.90 Å². The number of amides is 2. The van der Waals surface area contributed by atoms with E-state index in [1.807, 2.05) is 6.08 Å². The Kier molecular flexibility index (Phi) is 5.27. The highest BCUT2D eigenvalue weighted by molar-refractivity contribution is 9.12. The number of ketones is 2. The molecule has 3 aliphatic carbocycles. The molecule has 1 aromatic carbocycles. The summed E-state index contributed by atoms with van der Waals surface area (Å²) >= 11 is 3.19. The average molecular weight is 528 g/mol. The number of ether oxygens (including phenoxy) is 2. The van der Waals surface area contributed by atoms with E-state index >= 15 is 0 Å². The minimum Gasteiger partial charge on any atom is -0.507 e. The lowest BCUT2D eigenvalue weighted by molar-refractivity contribution is -0.138. The molecule has 4 atom stereocenters. The normalized spacial score (nSPS) is 28.3. The molecule has 0 unspecified atom stereocenters. The number of carbonyl (C=O) groups is 4. The number of hydrogen-bond acceptors (Lipinski definition) is 7. The van der Waals surface area contributed by atoms with Crippen molar-refractivity contribution in [1.29, 1.82) is 0 Å². The monoisotopic (exact) mass is 527 g/mol. The van der Waals surface area contributed by atoms with E-state index in [4.69, 9.17) is 9.47 Å². The molecule has 0 radical (unpaired) electrons. The van der Waals surface area contributed by atoms with Gasteiger partial charge in [-0.15, -0.1) is 0 Å². The maximum Gasteiger partial charge on any atom is 0.233 e. The maximum absolute atomic E-state index is 13.3. The lowest BCUT2D eigenvalue weighted by Crippen LogP contribution is -2.39. The fourth-order valence-electron chi connectivity index (χ4n) is 5.86. The number of hydrogen-bond donors (Lipinski definition) is 1. The summed E-state index contributed by atoms with van der Waals surface area (Å²) in [5.74, 6) is -3.13. The van der Waals surface area contributed by atoms with Gasteiger partial charge in [-0.05, 0) is 34.7 Å². The number of fused-ring (bicyclic) bond motifs is 3. The molecule has 176 valence electrons. The summed E-state index contributed by atoms with van der Waals surface area (Å²) in [6, 6.07) is 3.02. The third-order valence-corrected chi connectivity index (χ3v) is 7.98. The zero-order valence-electron chi connectivity index (χ0n) is 18.8. The molecular formula is C25H22BrNO7. The van der Waals surface area contributed by atoms with Crippen LogP contribution in [0.5, 0.6) is 17.2 Å². The van der Waals surface area contributed by atoms with Gasteiger partial charge in [0.1, 0.15) is 17.2 Å². The van der Waals surface area contributed by atoms with Crippen molar-refractivity contribution in [2.45, 2.75) is 18.8 Å². The van der Waals surface area contributed by atoms with E-state index in [0.717, 1.165) is 10.5 Å². The number of phenolic OH excluding ortho intramolecular Hbond substituents is 1. The summed E-state index contributed by atoms with van der Waals surface area (Å²) < 4.78 is 11.0. The zero-order chi connectivity index (χ0) is 24.5. The van der Waals surface area contributed by atoms with Gasteiger partial charge < -0.3 is 14.6 Å². The molecule has 1 N–H and O–H groups in total. The molecule has 5 rings (SSSR count). The van der Waals surface area contributed by atoms with E-state index in [1.165, 1.54) is 33.4 Å². The van der Waals surface area contributed by atoms with E-state index in [-0.39, 0.29) is 51.4 Å². The first-order valence-electron chi connectivity index (χ1n) is 10.8. The van der Waals surface area contributed by atoms with Crippen LogP contribution in [0.2, 0.25) is 0 Å². The number of likely N-dealkylation sites (tertiary alicyclic amines) is 1. The van der Waals surface area contributed by atoms with E-state index in [9.17, 15) is 24.3 Å². The first-order chi connectivity index (χ1) is 16.2. The molecule has 1 aromatic rings. The molecule has 1 aliphatic heterocycles.